The first kappa shape index (κ1) is 11.7. The van der Waals surface area contributed by atoms with E-state index in [0.717, 1.165) is 0 Å². The lowest BCUT2D eigenvalue weighted by atomic mass is 10.2. The van der Waals surface area contributed by atoms with Crippen molar-refractivity contribution in [1.29, 1.82) is 0 Å². The van der Waals surface area contributed by atoms with Crippen LogP contribution >= 0.6 is 11.3 Å². The number of fused-ring (bicyclic) bond motifs is 3. The van der Waals surface area contributed by atoms with Gasteiger partial charge in [0.05, 0.1) is 12.4 Å². The van der Waals surface area contributed by atoms with Crippen LogP contribution in [0.15, 0.2) is 67.0 Å². The van der Waals surface area contributed by atoms with E-state index in [1.807, 2.05) is 11.3 Å². The Kier molecular flexibility index (Phi) is 3.42. The molecule has 2 heterocycles. The van der Waals surface area contributed by atoms with E-state index in [4.69, 9.17) is 0 Å². The Labute approximate surface area is 114 Å². The molecule has 0 bridgehead atoms. The molecule has 2 aromatic carbocycles. The van der Waals surface area contributed by atoms with Gasteiger partial charge in [0.2, 0.25) is 0 Å². The Bertz CT molecular complexity index is 704. The predicted octanol–water partition coefficient (Wildman–Crippen LogP) is 3.93. The molecule has 4 rings (SSSR count). The Hall–Kier alpha value is -2.33. The largest absolute Gasteiger partial charge is 0.139 e. The molecule has 4 aromatic rings. The van der Waals surface area contributed by atoms with Crippen LogP contribution in [0.2, 0.25) is 0 Å². The van der Waals surface area contributed by atoms with E-state index in [0.29, 0.717) is 0 Å². The number of aromatic nitrogens is 3. The summed E-state index contributed by atoms with van der Waals surface area (Å²) in [5.41, 5.74) is 0. The number of hydrogen-bond acceptors (Lipinski definition) is 4. The van der Waals surface area contributed by atoms with Crippen molar-refractivity contribution in [2.45, 2.75) is 0 Å². The number of benzene rings is 2. The maximum absolute atomic E-state index is 3.42. The lowest BCUT2D eigenvalue weighted by Gasteiger charge is -1.88. The second-order valence-electron chi connectivity index (χ2n) is 3.91. The Morgan fingerprint density at radius 3 is 1.58 bits per heavy atom. The standard InChI is InChI=1S/C12H8S.C3H3N3/c1-3-7-11-9(5-1)10-6-2-4-8-12(10)13-11;1-2-4-6-5-3-1/h1-8H;1-3H. The second kappa shape index (κ2) is 5.54. The zero-order valence-electron chi connectivity index (χ0n) is 10.1. The molecule has 0 saturated carbocycles. The second-order valence-corrected chi connectivity index (χ2v) is 4.99. The quantitative estimate of drug-likeness (QED) is 0.483. The van der Waals surface area contributed by atoms with E-state index in [2.05, 4.69) is 63.9 Å². The van der Waals surface area contributed by atoms with Gasteiger partial charge in [-0.05, 0) is 23.4 Å². The maximum Gasteiger partial charge on any atom is 0.0529 e. The van der Waals surface area contributed by atoms with Gasteiger partial charge in [-0.25, -0.2) is 0 Å². The summed E-state index contributed by atoms with van der Waals surface area (Å²) in [5, 5.41) is 12.9. The minimum Gasteiger partial charge on any atom is -0.139 e. The average molecular weight is 265 g/mol. The fourth-order valence-corrected chi connectivity index (χ4v) is 2.99. The third-order valence-corrected chi connectivity index (χ3v) is 3.84. The van der Waals surface area contributed by atoms with Gasteiger partial charge in [0, 0.05) is 20.2 Å². The number of thiophene rings is 1. The summed E-state index contributed by atoms with van der Waals surface area (Å²) in [6, 6.07) is 18.8. The first-order valence-corrected chi connectivity index (χ1v) is 6.71. The van der Waals surface area contributed by atoms with Crippen LogP contribution in [0.3, 0.4) is 0 Å². The smallest absolute Gasteiger partial charge is 0.0529 e. The first-order chi connectivity index (χ1) is 9.45. The summed E-state index contributed by atoms with van der Waals surface area (Å²) in [6.07, 6.45) is 3.15. The highest BCUT2D eigenvalue weighted by atomic mass is 32.1. The highest BCUT2D eigenvalue weighted by molar-refractivity contribution is 7.25. The Balaban J connectivity index is 0.000000155. The maximum atomic E-state index is 3.42. The molecule has 0 aliphatic rings. The molecule has 0 fully saturated rings. The van der Waals surface area contributed by atoms with Crippen molar-refractivity contribution in [1.82, 2.24) is 15.4 Å². The zero-order chi connectivity index (χ0) is 12.9. The molecular formula is C15H11N3S. The van der Waals surface area contributed by atoms with Gasteiger partial charge in [0.25, 0.3) is 0 Å². The summed E-state index contributed by atoms with van der Waals surface area (Å²) in [6.45, 7) is 0. The molecule has 19 heavy (non-hydrogen) atoms. The lowest BCUT2D eigenvalue weighted by molar-refractivity contribution is 0.865. The summed E-state index contributed by atoms with van der Waals surface area (Å²) in [4.78, 5) is 0. The van der Waals surface area contributed by atoms with E-state index >= 15 is 0 Å². The van der Waals surface area contributed by atoms with Crippen molar-refractivity contribution < 1.29 is 0 Å². The molecule has 0 unspecified atom stereocenters. The average Bonchev–Trinajstić information content (AvgIpc) is 2.88. The van der Waals surface area contributed by atoms with E-state index in [1.54, 1.807) is 18.5 Å². The SMILES string of the molecule is c1ccc2c(c1)sc1ccccc12.c1cnnnc1. The van der Waals surface area contributed by atoms with Crippen molar-refractivity contribution in [3.8, 4) is 0 Å². The van der Waals surface area contributed by atoms with E-state index in [1.165, 1.54) is 20.2 Å². The lowest BCUT2D eigenvalue weighted by Crippen LogP contribution is -1.78. The molecule has 0 aliphatic carbocycles. The van der Waals surface area contributed by atoms with Crippen LogP contribution in [0.25, 0.3) is 20.2 Å². The molecule has 4 heteroatoms. The molecule has 0 spiro atoms. The highest BCUT2D eigenvalue weighted by Gasteiger charge is 2.01. The fourth-order valence-electron chi connectivity index (χ4n) is 1.88. The van der Waals surface area contributed by atoms with Crippen molar-refractivity contribution in [2.24, 2.45) is 0 Å². The molecule has 3 nitrogen and oxygen atoms in total. The molecule has 2 aromatic heterocycles. The van der Waals surface area contributed by atoms with Crippen LogP contribution in [0, 0.1) is 0 Å². The molecular weight excluding hydrogens is 254 g/mol. The normalized spacial score (nSPS) is 10.1. The van der Waals surface area contributed by atoms with Crippen LogP contribution in [0.5, 0.6) is 0 Å². The summed E-state index contributed by atoms with van der Waals surface area (Å²) in [5.74, 6) is 0. The fraction of sp³-hybridized carbons (Fsp3) is 0. The number of nitrogens with zero attached hydrogens (tertiary/aromatic N) is 3. The van der Waals surface area contributed by atoms with Crippen molar-refractivity contribution in [3.63, 3.8) is 0 Å². The van der Waals surface area contributed by atoms with Crippen molar-refractivity contribution in [3.05, 3.63) is 67.0 Å². The predicted molar refractivity (Wildman–Crippen MR) is 79.2 cm³/mol. The number of rotatable bonds is 0. The summed E-state index contributed by atoms with van der Waals surface area (Å²) in [7, 11) is 0. The first-order valence-electron chi connectivity index (χ1n) is 5.90. The Morgan fingerprint density at radius 1 is 0.632 bits per heavy atom. The highest BCUT2D eigenvalue weighted by Crippen LogP contribution is 2.32. The molecule has 0 saturated heterocycles. The molecule has 0 atom stereocenters. The summed E-state index contributed by atoms with van der Waals surface area (Å²) < 4.78 is 2.76. The van der Waals surface area contributed by atoms with Gasteiger partial charge in [0.1, 0.15) is 0 Å². The molecule has 0 amide bonds. The van der Waals surface area contributed by atoms with E-state index in [-0.39, 0.29) is 0 Å². The Morgan fingerprint density at radius 2 is 1.16 bits per heavy atom. The minimum atomic E-state index is 1.38. The monoisotopic (exact) mass is 265 g/mol. The van der Waals surface area contributed by atoms with E-state index in [9.17, 15) is 0 Å². The van der Waals surface area contributed by atoms with Crippen LogP contribution in [-0.4, -0.2) is 15.4 Å². The molecule has 0 N–H and O–H groups in total. The van der Waals surface area contributed by atoms with Gasteiger partial charge in [-0.2, -0.15) is 0 Å². The third-order valence-electron chi connectivity index (χ3n) is 2.69. The molecule has 0 radical (unpaired) electrons. The van der Waals surface area contributed by atoms with Gasteiger partial charge in [-0.15, -0.1) is 21.5 Å². The zero-order valence-corrected chi connectivity index (χ0v) is 10.9. The van der Waals surface area contributed by atoms with Crippen LogP contribution in [0.1, 0.15) is 0 Å². The van der Waals surface area contributed by atoms with E-state index < -0.39 is 0 Å². The third kappa shape index (κ3) is 2.58. The number of hydrogen-bond donors (Lipinski definition) is 0. The van der Waals surface area contributed by atoms with Crippen LogP contribution in [-0.2, 0) is 0 Å². The van der Waals surface area contributed by atoms with Crippen LogP contribution in [0.4, 0.5) is 0 Å². The topological polar surface area (TPSA) is 38.7 Å². The van der Waals surface area contributed by atoms with Gasteiger partial charge in [-0.1, -0.05) is 36.4 Å². The van der Waals surface area contributed by atoms with Gasteiger partial charge in [0.15, 0.2) is 0 Å². The van der Waals surface area contributed by atoms with Crippen molar-refractivity contribution in [2.75, 3.05) is 0 Å². The van der Waals surface area contributed by atoms with Gasteiger partial charge >= 0.3 is 0 Å². The molecule has 92 valence electrons. The van der Waals surface area contributed by atoms with Gasteiger partial charge < -0.3 is 0 Å². The van der Waals surface area contributed by atoms with Gasteiger partial charge in [-0.3, -0.25) is 0 Å². The van der Waals surface area contributed by atoms with Crippen LogP contribution < -0.4 is 0 Å². The minimum absolute atomic E-state index is 1.38. The molecule has 0 aliphatic heterocycles. The summed E-state index contributed by atoms with van der Waals surface area (Å²) >= 11 is 1.86. The van der Waals surface area contributed by atoms with Crippen molar-refractivity contribution >= 4 is 31.5 Å².